The minimum atomic E-state index is -2.75. The highest BCUT2D eigenvalue weighted by atomic mass is 35.5. The molecule has 1 unspecified atom stereocenters. The Morgan fingerprint density at radius 2 is 1.96 bits per heavy atom. The number of benzene rings is 1. The fourth-order valence-electron chi connectivity index (χ4n) is 3.36. The number of nitrogens with zero attached hydrogens (tertiary/aromatic N) is 1. The van der Waals surface area contributed by atoms with E-state index in [0.717, 1.165) is 25.9 Å². The van der Waals surface area contributed by atoms with Crippen LogP contribution >= 0.6 is 12.4 Å². The summed E-state index contributed by atoms with van der Waals surface area (Å²) in [6.45, 7) is 1.99. The van der Waals surface area contributed by atoms with Gasteiger partial charge < -0.3 is 10.2 Å². The average Bonchev–Trinajstić information content (AvgIpc) is 2.54. The lowest BCUT2D eigenvalue weighted by Crippen LogP contribution is -2.45. The van der Waals surface area contributed by atoms with Crippen LogP contribution in [0, 0.1) is 0 Å². The monoisotopic (exact) mass is 344 g/mol. The summed E-state index contributed by atoms with van der Waals surface area (Å²) in [7, 11) is 0. The fraction of sp³-hybridized carbons (Fsp3) is 0.588. The molecule has 1 amide bonds. The van der Waals surface area contributed by atoms with E-state index in [1.807, 2.05) is 12.1 Å². The van der Waals surface area contributed by atoms with Gasteiger partial charge in [-0.3, -0.25) is 4.79 Å². The Morgan fingerprint density at radius 1 is 1.22 bits per heavy atom. The molecule has 0 aliphatic carbocycles. The summed E-state index contributed by atoms with van der Waals surface area (Å²) >= 11 is 0. The Morgan fingerprint density at radius 3 is 2.57 bits per heavy atom. The molecule has 3 nitrogen and oxygen atoms in total. The van der Waals surface area contributed by atoms with Crippen LogP contribution in [-0.4, -0.2) is 42.9 Å². The van der Waals surface area contributed by atoms with Gasteiger partial charge >= 0.3 is 0 Å². The lowest BCUT2D eigenvalue weighted by molar-refractivity contribution is -0.0560. The molecule has 1 atom stereocenters. The van der Waals surface area contributed by atoms with E-state index in [9.17, 15) is 13.6 Å². The molecule has 2 aliphatic heterocycles. The molecule has 2 heterocycles. The number of hydrogen-bond acceptors (Lipinski definition) is 2. The number of nitrogens with one attached hydrogen (secondary N) is 1. The number of carbonyl (C=O) groups excluding carboxylic acids is 1. The predicted octanol–water partition coefficient (Wildman–Crippen LogP) is 3.45. The zero-order chi connectivity index (χ0) is 15.6. The van der Waals surface area contributed by atoms with Crippen molar-refractivity contribution in [3.63, 3.8) is 0 Å². The molecule has 0 spiro atoms. The van der Waals surface area contributed by atoms with Gasteiger partial charge in [0, 0.05) is 25.1 Å². The molecule has 0 radical (unpaired) electrons. The lowest BCUT2D eigenvalue weighted by atomic mass is 9.91. The number of hydrogen-bond donors (Lipinski definition) is 1. The molecule has 2 aliphatic rings. The molecule has 23 heavy (non-hydrogen) atoms. The highest BCUT2D eigenvalue weighted by Crippen LogP contribution is 2.28. The maximum Gasteiger partial charge on any atom is 0.265 e. The molecular formula is C17H23ClF2N2O. The largest absolute Gasteiger partial charge is 0.333 e. The van der Waals surface area contributed by atoms with Gasteiger partial charge in [0.1, 0.15) is 0 Å². The number of piperidine rings is 2. The van der Waals surface area contributed by atoms with Crippen LogP contribution < -0.4 is 5.32 Å². The Labute approximate surface area is 141 Å². The van der Waals surface area contributed by atoms with Gasteiger partial charge in [0.15, 0.2) is 0 Å². The molecule has 128 valence electrons. The van der Waals surface area contributed by atoms with E-state index in [1.165, 1.54) is 10.5 Å². The Kier molecular flexibility index (Phi) is 5.98. The molecule has 6 heteroatoms. The molecule has 2 saturated heterocycles. The molecule has 0 aromatic heterocycles. The van der Waals surface area contributed by atoms with Crippen LogP contribution in [0.25, 0.3) is 0 Å². The highest BCUT2D eigenvalue weighted by Gasteiger charge is 2.37. The smallest absolute Gasteiger partial charge is 0.265 e. The van der Waals surface area contributed by atoms with Crippen molar-refractivity contribution in [2.75, 3.05) is 26.2 Å². The van der Waals surface area contributed by atoms with E-state index >= 15 is 0 Å². The minimum absolute atomic E-state index is 0. The van der Waals surface area contributed by atoms with Crippen molar-refractivity contribution < 1.29 is 13.6 Å². The summed E-state index contributed by atoms with van der Waals surface area (Å²) in [4.78, 5) is 13.6. The first kappa shape index (κ1) is 18.1. The zero-order valence-corrected chi connectivity index (χ0v) is 13.9. The first-order chi connectivity index (χ1) is 10.6. The predicted molar refractivity (Wildman–Crippen MR) is 88.6 cm³/mol. The van der Waals surface area contributed by atoms with Gasteiger partial charge in [-0.1, -0.05) is 12.1 Å². The number of alkyl halides is 2. The van der Waals surface area contributed by atoms with E-state index in [2.05, 4.69) is 5.32 Å². The second-order valence-corrected chi connectivity index (χ2v) is 6.35. The minimum Gasteiger partial charge on any atom is -0.333 e. The summed E-state index contributed by atoms with van der Waals surface area (Å²) in [5.74, 6) is -2.55. The summed E-state index contributed by atoms with van der Waals surface area (Å²) in [6, 6.07) is 7.48. The lowest BCUT2D eigenvalue weighted by Gasteiger charge is -2.32. The molecular weight excluding hydrogens is 322 g/mol. The van der Waals surface area contributed by atoms with Crippen LogP contribution in [0.1, 0.15) is 47.5 Å². The molecule has 1 aromatic rings. The average molecular weight is 345 g/mol. The fourth-order valence-corrected chi connectivity index (χ4v) is 3.36. The van der Waals surface area contributed by atoms with Crippen molar-refractivity contribution in [3.8, 4) is 0 Å². The van der Waals surface area contributed by atoms with Crippen molar-refractivity contribution in [1.29, 1.82) is 0 Å². The van der Waals surface area contributed by atoms with E-state index in [1.54, 1.807) is 12.1 Å². The van der Waals surface area contributed by atoms with Crippen LogP contribution in [0.4, 0.5) is 8.78 Å². The van der Waals surface area contributed by atoms with Crippen LogP contribution in [0.3, 0.4) is 0 Å². The highest BCUT2D eigenvalue weighted by molar-refractivity contribution is 5.94. The normalized spacial score (nSPS) is 23.9. The van der Waals surface area contributed by atoms with Crippen LogP contribution in [0.5, 0.6) is 0 Å². The SMILES string of the molecule is Cl.O=C(c1ccc(C2CCCNC2)cc1)N1CCCC(F)(F)C1. The Hall–Kier alpha value is -1.20. The first-order valence-corrected chi connectivity index (χ1v) is 8.03. The second-order valence-electron chi connectivity index (χ2n) is 6.35. The number of halogens is 3. The van der Waals surface area contributed by atoms with Gasteiger partial charge in [0.25, 0.3) is 11.8 Å². The quantitative estimate of drug-likeness (QED) is 0.891. The van der Waals surface area contributed by atoms with Gasteiger partial charge in [-0.2, -0.15) is 0 Å². The van der Waals surface area contributed by atoms with Gasteiger partial charge in [-0.25, -0.2) is 8.78 Å². The van der Waals surface area contributed by atoms with Crippen molar-refractivity contribution >= 4 is 18.3 Å². The van der Waals surface area contributed by atoms with Crippen LogP contribution in [0.15, 0.2) is 24.3 Å². The summed E-state index contributed by atoms with van der Waals surface area (Å²) in [6.07, 6.45) is 2.56. The number of rotatable bonds is 2. The standard InChI is InChI=1S/C17H22F2N2O.ClH/c18-17(19)8-2-10-21(12-17)16(22)14-6-4-13(5-7-14)15-3-1-9-20-11-15;/h4-7,15,20H,1-3,8-12H2;1H. The third-order valence-corrected chi connectivity index (χ3v) is 4.61. The third kappa shape index (κ3) is 4.42. The van der Waals surface area contributed by atoms with Crippen molar-refractivity contribution in [3.05, 3.63) is 35.4 Å². The van der Waals surface area contributed by atoms with E-state index in [0.29, 0.717) is 24.4 Å². The summed E-state index contributed by atoms with van der Waals surface area (Å²) in [5.41, 5.74) is 1.72. The summed E-state index contributed by atoms with van der Waals surface area (Å²) < 4.78 is 26.9. The van der Waals surface area contributed by atoms with E-state index < -0.39 is 12.5 Å². The van der Waals surface area contributed by atoms with Gasteiger partial charge in [-0.15, -0.1) is 12.4 Å². The third-order valence-electron chi connectivity index (χ3n) is 4.61. The van der Waals surface area contributed by atoms with Gasteiger partial charge in [0.05, 0.1) is 6.54 Å². The van der Waals surface area contributed by atoms with Crippen LogP contribution in [-0.2, 0) is 0 Å². The number of amides is 1. The van der Waals surface area contributed by atoms with Crippen molar-refractivity contribution in [2.24, 2.45) is 0 Å². The molecule has 1 aromatic carbocycles. The van der Waals surface area contributed by atoms with Crippen molar-refractivity contribution in [1.82, 2.24) is 10.2 Å². The van der Waals surface area contributed by atoms with Crippen LogP contribution in [0.2, 0.25) is 0 Å². The maximum absolute atomic E-state index is 13.4. The topological polar surface area (TPSA) is 32.3 Å². The maximum atomic E-state index is 13.4. The summed E-state index contributed by atoms with van der Waals surface area (Å²) in [5, 5.41) is 3.37. The van der Waals surface area contributed by atoms with E-state index in [-0.39, 0.29) is 24.7 Å². The van der Waals surface area contributed by atoms with E-state index in [4.69, 9.17) is 0 Å². The van der Waals surface area contributed by atoms with Crippen molar-refractivity contribution in [2.45, 2.75) is 37.5 Å². The first-order valence-electron chi connectivity index (χ1n) is 8.03. The Balaban J connectivity index is 0.00000192. The molecule has 3 rings (SSSR count). The Bertz CT molecular complexity index is 530. The zero-order valence-electron chi connectivity index (χ0n) is 13.1. The van der Waals surface area contributed by atoms with Gasteiger partial charge in [-0.05, 0) is 49.4 Å². The second kappa shape index (κ2) is 7.58. The number of carbonyl (C=O) groups is 1. The number of likely N-dealkylation sites (tertiary alicyclic amines) is 1. The molecule has 0 bridgehead atoms. The molecule has 0 saturated carbocycles. The molecule has 2 fully saturated rings. The van der Waals surface area contributed by atoms with Gasteiger partial charge in [0.2, 0.25) is 0 Å². The molecule has 1 N–H and O–H groups in total.